The number of hydrogen-bond acceptors (Lipinski definition) is 1. The van der Waals surface area contributed by atoms with E-state index in [2.05, 4.69) is 13.8 Å². The average Bonchev–Trinajstić information content (AvgIpc) is 2.08. The van der Waals surface area contributed by atoms with Gasteiger partial charge in [-0.25, -0.2) is 4.39 Å². The molecule has 1 rings (SSSR count). The molecule has 0 aliphatic rings. The first kappa shape index (κ1) is 13.5. The first-order chi connectivity index (χ1) is 7.30. The number of rotatable bonds is 4. The molecule has 0 saturated carbocycles. The van der Waals surface area contributed by atoms with Gasteiger partial charge in [0.15, 0.2) is 0 Å². The Balaban J connectivity index is 2.76. The molecular formula is C13H18ClFO. The van der Waals surface area contributed by atoms with Crippen molar-refractivity contribution in [1.29, 1.82) is 0 Å². The maximum absolute atomic E-state index is 13.2. The standard InChI is InChI=1S/C13H18ClFO/c1-9(16)7-13(2,3)8-10-4-5-11(14)12(15)6-10/h4-6,9,16H,7-8H2,1-3H3. The quantitative estimate of drug-likeness (QED) is 0.854. The van der Waals surface area contributed by atoms with Gasteiger partial charge in [-0.1, -0.05) is 31.5 Å². The fourth-order valence-electron chi connectivity index (χ4n) is 2.07. The molecule has 0 aliphatic carbocycles. The van der Waals surface area contributed by atoms with Gasteiger partial charge in [0, 0.05) is 0 Å². The van der Waals surface area contributed by atoms with E-state index >= 15 is 0 Å². The lowest BCUT2D eigenvalue weighted by molar-refractivity contribution is 0.129. The molecule has 0 radical (unpaired) electrons. The second-order valence-electron chi connectivity index (χ2n) is 5.14. The van der Waals surface area contributed by atoms with E-state index in [1.165, 1.54) is 6.07 Å². The van der Waals surface area contributed by atoms with E-state index in [4.69, 9.17) is 11.6 Å². The molecule has 1 unspecified atom stereocenters. The number of halogens is 2. The molecule has 0 aromatic heterocycles. The Hall–Kier alpha value is -0.600. The van der Waals surface area contributed by atoms with Crippen molar-refractivity contribution < 1.29 is 9.50 Å². The Morgan fingerprint density at radius 3 is 2.56 bits per heavy atom. The lowest BCUT2D eigenvalue weighted by atomic mass is 9.81. The Morgan fingerprint density at radius 2 is 2.06 bits per heavy atom. The lowest BCUT2D eigenvalue weighted by Gasteiger charge is -2.26. The predicted molar refractivity (Wildman–Crippen MR) is 65.2 cm³/mol. The van der Waals surface area contributed by atoms with Crippen molar-refractivity contribution in [2.45, 2.75) is 39.7 Å². The Labute approximate surface area is 101 Å². The van der Waals surface area contributed by atoms with Gasteiger partial charge in [0.2, 0.25) is 0 Å². The highest BCUT2D eigenvalue weighted by atomic mass is 35.5. The molecule has 1 nitrogen and oxygen atoms in total. The largest absolute Gasteiger partial charge is 0.393 e. The summed E-state index contributed by atoms with van der Waals surface area (Å²) in [6.07, 6.45) is 1.08. The summed E-state index contributed by atoms with van der Waals surface area (Å²) in [7, 11) is 0. The highest BCUT2D eigenvalue weighted by Gasteiger charge is 2.21. The summed E-state index contributed by atoms with van der Waals surface area (Å²) >= 11 is 5.62. The molecule has 0 bridgehead atoms. The van der Waals surface area contributed by atoms with E-state index in [0.717, 1.165) is 12.0 Å². The molecule has 0 amide bonds. The molecule has 0 fully saturated rings. The van der Waals surface area contributed by atoms with E-state index in [-0.39, 0.29) is 22.4 Å². The third-order valence-corrected chi connectivity index (χ3v) is 2.82. The summed E-state index contributed by atoms with van der Waals surface area (Å²) in [4.78, 5) is 0. The van der Waals surface area contributed by atoms with Gasteiger partial charge in [-0.15, -0.1) is 0 Å². The molecule has 16 heavy (non-hydrogen) atoms. The number of aliphatic hydroxyl groups excluding tert-OH is 1. The van der Waals surface area contributed by atoms with Crippen LogP contribution < -0.4 is 0 Å². The van der Waals surface area contributed by atoms with E-state index in [1.807, 2.05) is 6.07 Å². The number of benzene rings is 1. The lowest BCUT2D eigenvalue weighted by Crippen LogP contribution is -2.21. The third-order valence-electron chi connectivity index (χ3n) is 2.51. The number of hydrogen-bond donors (Lipinski definition) is 1. The minimum Gasteiger partial charge on any atom is -0.393 e. The predicted octanol–water partition coefficient (Wildman–Crippen LogP) is 3.82. The van der Waals surface area contributed by atoms with Crippen LogP contribution in [0.25, 0.3) is 0 Å². The van der Waals surface area contributed by atoms with E-state index in [9.17, 15) is 9.50 Å². The van der Waals surface area contributed by atoms with Gasteiger partial charge in [-0.05, 0) is 42.9 Å². The zero-order valence-electron chi connectivity index (χ0n) is 9.93. The van der Waals surface area contributed by atoms with Crippen LogP contribution in [-0.2, 0) is 6.42 Å². The van der Waals surface area contributed by atoms with Gasteiger partial charge in [0.05, 0.1) is 11.1 Å². The Kier molecular flexibility index (Phi) is 4.34. The second-order valence-corrected chi connectivity index (χ2v) is 5.55. The highest BCUT2D eigenvalue weighted by molar-refractivity contribution is 6.30. The molecule has 90 valence electrons. The van der Waals surface area contributed by atoms with Crippen LogP contribution in [0.15, 0.2) is 18.2 Å². The van der Waals surface area contributed by atoms with Crippen LogP contribution in [0.4, 0.5) is 4.39 Å². The SMILES string of the molecule is CC(O)CC(C)(C)Cc1ccc(Cl)c(F)c1. The van der Waals surface area contributed by atoms with Crippen molar-refractivity contribution in [3.05, 3.63) is 34.6 Å². The maximum Gasteiger partial charge on any atom is 0.142 e. The summed E-state index contributed by atoms with van der Waals surface area (Å²) in [6, 6.07) is 4.87. The Morgan fingerprint density at radius 1 is 1.44 bits per heavy atom. The van der Waals surface area contributed by atoms with Crippen LogP contribution in [0.5, 0.6) is 0 Å². The van der Waals surface area contributed by atoms with E-state index in [1.54, 1.807) is 13.0 Å². The van der Waals surface area contributed by atoms with Gasteiger partial charge in [-0.2, -0.15) is 0 Å². The minimum absolute atomic E-state index is 0.0472. The zero-order valence-corrected chi connectivity index (χ0v) is 10.7. The summed E-state index contributed by atoms with van der Waals surface area (Å²) < 4.78 is 13.2. The first-order valence-corrected chi connectivity index (χ1v) is 5.80. The van der Waals surface area contributed by atoms with Crippen molar-refractivity contribution in [3.8, 4) is 0 Å². The van der Waals surface area contributed by atoms with Crippen LogP contribution in [0.2, 0.25) is 5.02 Å². The highest BCUT2D eigenvalue weighted by Crippen LogP contribution is 2.28. The monoisotopic (exact) mass is 244 g/mol. The molecule has 1 N–H and O–H groups in total. The van der Waals surface area contributed by atoms with Gasteiger partial charge in [0.25, 0.3) is 0 Å². The molecule has 1 atom stereocenters. The van der Waals surface area contributed by atoms with Crippen molar-refractivity contribution in [3.63, 3.8) is 0 Å². The summed E-state index contributed by atoms with van der Waals surface area (Å²) in [5.74, 6) is -0.382. The fourth-order valence-corrected chi connectivity index (χ4v) is 2.19. The van der Waals surface area contributed by atoms with Crippen LogP contribution in [0.3, 0.4) is 0 Å². The average molecular weight is 245 g/mol. The number of aliphatic hydroxyl groups is 1. The maximum atomic E-state index is 13.2. The molecule has 1 aromatic carbocycles. The molecular weight excluding hydrogens is 227 g/mol. The van der Waals surface area contributed by atoms with Gasteiger partial charge in [-0.3, -0.25) is 0 Å². The molecule has 1 aromatic rings. The zero-order chi connectivity index (χ0) is 12.3. The molecule has 0 saturated heterocycles. The summed E-state index contributed by atoms with van der Waals surface area (Å²) in [5, 5.41) is 9.52. The van der Waals surface area contributed by atoms with Crippen LogP contribution in [0, 0.1) is 11.2 Å². The minimum atomic E-state index is -0.382. The van der Waals surface area contributed by atoms with Gasteiger partial charge >= 0.3 is 0 Å². The van der Waals surface area contributed by atoms with E-state index < -0.39 is 0 Å². The molecule has 0 heterocycles. The van der Waals surface area contributed by atoms with Crippen LogP contribution in [-0.4, -0.2) is 11.2 Å². The topological polar surface area (TPSA) is 20.2 Å². The van der Waals surface area contributed by atoms with Crippen molar-refractivity contribution in [2.24, 2.45) is 5.41 Å². The first-order valence-electron chi connectivity index (χ1n) is 5.42. The molecule has 3 heteroatoms. The van der Waals surface area contributed by atoms with Crippen LogP contribution in [0.1, 0.15) is 32.8 Å². The van der Waals surface area contributed by atoms with Gasteiger partial charge in [0.1, 0.15) is 5.82 Å². The smallest absolute Gasteiger partial charge is 0.142 e. The van der Waals surface area contributed by atoms with Crippen molar-refractivity contribution >= 4 is 11.6 Å². The van der Waals surface area contributed by atoms with Crippen molar-refractivity contribution in [1.82, 2.24) is 0 Å². The second kappa shape index (κ2) is 5.15. The summed E-state index contributed by atoms with van der Waals surface area (Å²) in [5.41, 5.74) is 0.863. The van der Waals surface area contributed by atoms with Crippen LogP contribution >= 0.6 is 11.6 Å². The Bertz CT molecular complexity index is 361. The molecule has 0 aliphatic heterocycles. The summed E-state index contributed by atoms with van der Waals surface area (Å²) in [6.45, 7) is 5.89. The van der Waals surface area contributed by atoms with Gasteiger partial charge < -0.3 is 5.11 Å². The third kappa shape index (κ3) is 4.11. The fraction of sp³-hybridized carbons (Fsp3) is 0.538. The van der Waals surface area contributed by atoms with E-state index in [0.29, 0.717) is 6.42 Å². The van der Waals surface area contributed by atoms with Crippen molar-refractivity contribution in [2.75, 3.05) is 0 Å². The molecule has 0 spiro atoms. The normalized spacial score (nSPS) is 13.9.